The van der Waals surface area contributed by atoms with E-state index in [1.54, 1.807) is 24.5 Å². The van der Waals surface area contributed by atoms with Gasteiger partial charge < -0.3 is 30.4 Å². The zero-order valence-corrected chi connectivity index (χ0v) is 21.0. The van der Waals surface area contributed by atoms with Crippen molar-refractivity contribution in [1.82, 2.24) is 25.7 Å². The molecule has 0 aliphatic carbocycles. The number of nitrogen functional groups attached to an aromatic ring is 1. The summed E-state index contributed by atoms with van der Waals surface area (Å²) >= 11 is 0. The van der Waals surface area contributed by atoms with E-state index in [0.29, 0.717) is 55.6 Å². The van der Waals surface area contributed by atoms with Gasteiger partial charge in [-0.2, -0.15) is 10.2 Å². The minimum Gasteiger partial charge on any atom is -0.490 e. The van der Waals surface area contributed by atoms with Gasteiger partial charge >= 0.3 is 6.36 Å². The van der Waals surface area contributed by atoms with Crippen molar-refractivity contribution in [3.8, 4) is 22.6 Å². The first-order chi connectivity index (χ1) is 18.8. The Morgan fingerprint density at radius 2 is 1.79 bits per heavy atom. The van der Waals surface area contributed by atoms with Crippen molar-refractivity contribution in [2.24, 2.45) is 0 Å². The number of benzene rings is 2. The van der Waals surface area contributed by atoms with Crippen LogP contribution in [0.25, 0.3) is 22.0 Å². The molecule has 0 aliphatic rings. The zero-order chi connectivity index (χ0) is 27.7. The summed E-state index contributed by atoms with van der Waals surface area (Å²) in [5, 5.41) is 28.1. The Kier molecular flexibility index (Phi) is 9.52. The SMILES string of the molecule is Nc1cc(-c2cc(OCCOCCCCNCc3cc(CO)cc(OC(F)(F)F)c3)c3cn[nH]c3c2)cnn1. The number of unbranched alkanes of at least 4 members (excludes halogenated alkanes) is 1. The Morgan fingerprint density at radius 3 is 2.59 bits per heavy atom. The second kappa shape index (κ2) is 13.2. The quantitative estimate of drug-likeness (QED) is 0.173. The molecule has 0 atom stereocenters. The number of hydrogen-bond acceptors (Lipinski definition) is 9. The highest BCUT2D eigenvalue weighted by molar-refractivity contribution is 5.89. The van der Waals surface area contributed by atoms with Crippen molar-refractivity contribution in [1.29, 1.82) is 0 Å². The van der Waals surface area contributed by atoms with Gasteiger partial charge in [-0.25, -0.2) is 0 Å². The molecular weight excluding hydrogens is 517 g/mol. The van der Waals surface area contributed by atoms with E-state index in [0.717, 1.165) is 34.9 Å². The van der Waals surface area contributed by atoms with Crippen LogP contribution in [0.2, 0.25) is 0 Å². The minimum atomic E-state index is -4.79. The Labute approximate surface area is 222 Å². The summed E-state index contributed by atoms with van der Waals surface area (Å²) in [4.78, 5) is 0. The predicted molar refractivity (Wildman–Crippen MR) is 138 cm³/mol. The number of nitrogens with zero attached hydrogens (tertiary/aromatic N) is 3. The standard InChI is InChI=1S/C26H29F3N6O4/c27-26(28,29)39-21-8-17(7-18(9-21)16-36)13-31-3-1-2-4-37-5-6-38-24-11-19(10-23-22(24)15-33-34-23)20-12-25(30)35-32-14-20/h7-12,14-15,31,36H,1-6,13,16H2,(H2,30,35)(H,33,34). The lowest BCUT2D eigenvalue weighted by molar-refractivity contribution is -0.274. The lowest BCUT2D eigenvalue weighted by Crippen LogP contribution is -2.18. The zero-order valence-electron chi connectivity index (χ0n) is 21.0. The van der Waals surface area contributed by atoms with Gasteiger partial charge in [0, 0.05) is 18.7 Å². The summed E-state index contributed by atoms with van der Waals surface area (Å²) < 4.78 is 53.1. The summed E-state index contributed by atoms with van der Waals surface area (Å²) in [7, 11) is 0. The lowest BCUT2D eigenvalue weighted by Gasteiger charge is -2.12. The number of hydrogen-bond donors (Lipinski definition) is 4. The maximum Gasteiger partial charge on any atom is 0.573 e. The van der Waals surface area contributed by atoms with Crippen molar-refractivity contribution in [3.63, 3.8) is 0 Å². The first-order valence-corrected chi connectivity index (χ1v) is 12.3. The van der Waals surface area contributed by atoms with Gasteiger partial charge in [0.25, 0.3) is 0 Å². The summed E-state index contributed by atoms with van der Waals surface area (Å²) in [5.74, 6) is 0.637. The molecule has 0 bridgehead atoms. The molecule has 4 aromatic rings. The Morgan fingerprint density at radius 1 is 0.949 bits per heavy atom. The third-order valence-corrected chi connectivity index (χ3v) is 5.68. The van der Waals surface area contributed by atoms with Crippen LogP contribution < -0.4 is 20.5 Å². The number of ether oxygens (including phenoxy) is 3. The Balaban J connectivity index is 1.15. The molecule has 0 saturated heterocycles. The molecule has 2 aromatic carbocycles. The molecule has 5 N–H and O–H groups in total. The number of nitrogens with one attached hydrogen (secondary N) is 2. The number of fused-ring (bicyclic) bond motifs is 1. The van der Waals surface area contributed by atoms with Crippen molar-refractivity contribution in [2.75, 3.05) is 32.1 Å². The average Bonchev–Trinajstić information content (AvgIpc) is 3.37. The van der Waals surface area contributed by atoms with Gasteiger partial charge in [0.15, 0.2) is 0 Å². The normalized spacial score (nSPS) is 11.7. The molecule has 13 heteroatoms. The molecule has 39 heavy (non-hydrogen) atoms. The summed E-state index contributed by atoms with van der Waals surface area (Å²) in [6.07, 6.45) is 0.149. The molecule has 4 rings (SSSR count). The number of nitrogens with two attached hydrogens (primary N) is 1. The number of halogens is 3. The number of aromatic nitrogens is 4. The number of anilines is 1. The predicted octanol–water partition coefficient (Wildman–Crippen LogP) is 3.96. The smallest absolute Gasteiger partial charge is 0.490 e. The van der Waals surface area contributed by atoms with E-state index < -0.39 is 6.36 Å². The molecule has 0 fully saturated rings. The average molecular weight is 547 g/mol. The molecule has 0 saturated carbocycles. The van der Waals surface area contributed by atoms with Crippen molar-refractivity contribution in [2.45, 2.75) is 32.4 Å². The van der Waals surface area contributed by atoms with E-state index in [4.69, 9.17) is 15.2 Å². The lowest BCUT2D eigenvalue weighted by atomic mass is 10.1. The fourth-order valence-electron chi connectivity index (χ4n) is 3.96. The van der Waals surface area contributed by atoms with Crippen molar-refractivity contribution < 1.29 is 32.5 Å². The van der Waals surface area contributed by atoms with Crippen LogP contribution in [0.1, 0.15) is 24.0 Å². The topological polar surface area (TPSA) is 140 Å². The molecule has 2 aromatic heterocycles. The maximum atomic E-state index is 12.5. The number of H-pyrrole nitrogens is 1. The number of rotatable bonds is 14. The van der Waals surface area contributed by atoms with Gasteiger partial charge in [-0.15, -0.1) is 18.3 Å². The molecule has 0 amide bonds. The van der Waals surface area contributed by atoms with Crippen molar-refractivity contribution in [3.05, 3.63) is 59.9 Å². The van der Waals surface area contributed by atoms with E-state index >= 15 is 0 Å². The Hall–Kier alpha value is -3.94. The maximum absolute atomic E-state index is 12.5. The highest BCUT2D eigenvalue weighted by Crippen LogP contribution is 2.31. The van der Waals surface area contributed by atoms with Gasteiger partial charge in [-0.1, -0.05) is 6.07 Å². The molecule has 208 valence electrons. The molecule has 0 spiro atoms. The van der Waals surface area contributed by atoms with Crippen LogP contribution in [0.5, 0.6) is 11.5 Å². The van der Waals surface area contributed by atoms with Gasteiger partial charge in [-0.05, 0) is 66.4 Å². The number of aliphatic hydroxyl groups is 1. The number of alkyl halides is 3. The fraction of sp³-hybridized carbons (Fsp3) is 0.346. The van der Waals surface area contributed by atoms with Crippen LogP contribution in [0.3, 0.4) is 0 Å². The van der Waals surface area contributed by atoms with E-state index in [9.17, 15) is 18.3 Å². The van der Waals surface area contributed by atoms with Crippen LogP contribution in [0, 0.1) is 0 Å². The number of aliphatic hydroxyl groups excluding tert-OH is 1. The van der Waals surface area contributed by atoms with Gasteiger partial charge in [0.05, 0.1) is 36.5 Å². The van der Waals surface area contributed by atoms with Crippen LogP contribution in [-0.2, 0) is 17.9 Å². The number of aromatic amines is 1. The monoisotopic (exact) mass is 546 g/mol. The third kappa shape index (κ3) is 8.53. The summed E-state index contributed by atoms with van der Waals surface area (Å²) in [6, 6.07) is 9.68. The molecule has 10 nitrogen and oxygen atoms in total. The van der Waals surface area contributed by atoms with Gasteiger partial charge in [0.1, 0.15) is 23.9 Å². The van der Waals surface area contributed by atoms with E-state index in [-0.39, 0.29) is 12.4 Å². The first-order valence-electron chi connectivity index (χ1n) is 12.3. The van der Waals surface area contributed by atoms with E-state index in [1.165, 1.54) is 12.1 Å². The van der Waals surface area contributed by atoms with Crippen LogP contribution in [0.15, 0.2) is 48.8 Å². The van der Waals surface area contributed by atoms with Gasteiger partial charge in [-0.3, -0.25) is 5.10 Å². The third-order valence-electron chi connectivity index (χ3n) is 5.68. The van der Waals surface area contributed by atoms with Crippen molar-refractivity contribution >= 4 is 16.7 Å². The molecule has 0 radical (unpaired) electrons. The highest BCUT2D eigenvalue weighted by Gasteiger charge is 2.31. The van der Waals surface area contributed by atoms with Gasteiger partial charge in [0.2, 0.25) is 0 Å². The first kappa shape index (κ1) is 28.1. The molecule has 2 heterocycles. The fourth-order valence-corrected chi connectivity index (χ4v) is 3.96. The largest absolute Gasteiger partial charge is 0.573 e. The molecule has 0 unspecified atom stereocenters. The van der Waals surface area contributed by atoms with Crippen LogP contribution in [-0.4, -0.2) is 58.2 Å². The van der Waals surface area contributed by atoms with Crippen LogP contribution >= 0.6 is 0 Å². The second-order valence-electron chi connectivity index (χ2n) is 8.71. The second-order valence-corrected chi connectivity index (χ2v) is 8.71. The van der Waals surface area contributed by atoms with Crippen LogP contribution in [0.4, 0.5) is 19.0 Å². The summed E-state index contributed by atoms with van der Waals surface area (Å²) in [5.41, 5.74) is 9.19. The highest BCUT2D eigenvalue weighted by atomic mass is 19.4. The molecule has 0 aliphatic heterocycles. The minimum absolute atomic E-state index is 0.323. The molecular formula is C26H29F3N6O4. The van der Waals surface area contributed by atoms with E-state index in [1.807, 2.05) is 12.1 Å². The summed E-state index contributed by atoms with van der Waals surface area (Å²) in [6.45, 7) is 1.91. The Bertz CT molecular complexity index is 1370. The van der Waals surface area contributed by atoms with E-state index in [2.05, 4.69) is 30.4 Å².